The van der Waals surface area contributed by atoms with Gasteiger partial charge in [-0.05, 0) is 37.0 Å². The maximum Gasteiger partial charge on any atom is -0.0296 e. The highest BCUT2D eigenvalue weighted by molar-refractivity contribution is 4.96. The summed E-state index contributed by atoms with van der Waals surface area (Å²) in [4.78, 5) is 0. The number of rotatable bonds is 4. The van der Waals surface area contributed by atoms with Gasteiger partial charge in [0.05, 0.1) is 0 Å². The van der Waals surface area contributed by atoms with Crippen LogP contribution in [0.4, 0.5) is 0 Å². The van der Waals surface area contributed by atoms with Crippen LogP contribution in [-0.2, 0) is 0 Å². The minimum Gasteiger partial charge on any atom is -0.0882 e. The summed E-state index contributed by atoms with van der Waals surface area (Å²) >= 11 is 0. The lowest BCUT2D eigenvalue weighted by atomic mass is 9.79. The molecule has 0 aliphatic heterocycles. The Hall–Kier alpha value is -0.520. The molecular weight excluding hydrogens is 144 g/mol. The van der Waals surface area contributed by atoms with E-state index in [9.17, 15) is 0 Å². The van der Waals surface area contributed by atoms with Crippen molar-refractivity contribution in [3.05, 3.63) is 24.8 Å². The van der Waals surface area contributed by atoms with Gasteiger partial charge in [0.15, 0.2) is 0 Å². The molecule has 67 valence electrons. The van der Waals surface area contributed by atoms with Crippen molar-refractivity contribution in [2.75, 3.05) is 0 Å². The van der Waals surface area contributed by atoms with Gasteiger partial charge in [0.1, 0.15) is 0 Å². The average Bonchev–Trinajstić information content (AvgIpc) is 2.38. The minimum absolute atomic E-state index is 0.394. The molecule has 0 atom stereocenters. The van der Waals surface area contributed by atoms with Crippen LogP contribution in [0.1, 0.15) is 39.5 Å². The highest BCUT2D eigenvalue weighted by Crippen LogP contribution is 2.34. The molecule has 12 heavy (non-hydrogen) atoms. The van der Waals surface area contributed by atoms with E-state index in [0.717, 1.165) is 12.3 Å². The Morgan fingerprint density at radius 2 is 2.00 bits per heavy atom. The Morgan fingerprint density at radius 3 is 2.50 bits per heavy atom. The molecule has 1 radical (unpaired) electrons. The molecule has 0 bridgehead atoms. The van der Waals surface area contributed by atoms with Crippen LogP contribution < -0.4 is 0 Å². The summed E-state index contributed by atoms with van der Waals surface area (Å²) in [7, 11) is 0. The number of hydrogen-bond donors (Lipinski definition) is 0. The van der Waals surface area contributed by atoms with Gasteiger partial charge in [0, 0.05) is 0 Å². The second kappa shape index (κ2) is 3.93. The van der Waals surface area contributed by atoms with Crippen LogP contribution >= 0.6 is 0 Å². The van der Waals surface area contributed by atoms with E-state index >= 15 is 0 Å². The number of allylic oxidation sites excluding steroid dienone is 3. The van der Waals surface area contributed by atoms with Crippen LogP contribution in [-0.4, -0.2) is 0 Å². The molecule has 0 heteroatoms. The average molecular weight is 163 g/mol. The monoisotopic (exact) mass is 163 g/mol. The maximum absolute atomic E-state index is 5.45. The van der Waals surface area contributed by atoms with Crippen LogP contribution in [0.15, 0.2) is 18.2 Å². The zero-order valence-corrected chi connectivity index (χ0v) is 8.22. The molecule has 1 aliphatic rings. The third-order valence-electron chi connectivity index (χ3n) is 2.62. The Bertz CT molecular complexity index is 166. The lowest BCUT2D eigenvalue weighted by Gasteiger charge is -2.26. The smallest absolute Gasteiger partial charge is 0.0296 e. The Morgan fingerprint density at radius 1 is 1.42 bits per heavy atom. The highest BCUT2D eigenvalue weighted by Gasteiger charge is 2.22. The first kappa shape index (κ1) is 9.57. The standard InChI is InChI=1S/C12H19/c1-4-9-12(2,3)10-11-7-5-6-8-11/h1,4-6,11H,7-10H2,2-3H3. The van der Waals surface area contributed by atoms with E-state index in [2.05, 4.69) is 26.0 Å². The summed E-state index contributed by atoms with van der Waals surface area (Å²) in [6, 6.07) is 0. The van der Waals surface area contributed by atoms with Crippen molar-refractivity contribution in [3.63, 3.8) is 0 Å². The van der Waals surface area contributed by atoms with Crippen LogP contribution in [0, 0.1) is 17.9 Å². The first-order chi connectivity index (χ1) is 5.64. The molecule has 0 saturated heterocycles. The van der Waals surface area contributed by atoms with Crippen molar-refractivity contribution in [2.24, 2.45) is 11.3 Å². The van der Waals surface area contributed by atoms with Gasteiger partial charge in [-0.1, -0.05) is 38.7 Å². The van der Waals surface area contributed by atoms with Crippen LogP contribution in [0.5, 0.6) is 0 Å². The normalized spacial score (nSPS) is 18.5. The molecule has 0 fully saturated rings. The van der Waals surface area contributed by atoms with Crippen LogP contribution in [0.3, 0.4) is 0 Å². The van der Waals surface area contributed by atoms with Gasteiger partial charge < -0.3 is 0 Å². The minimum atomic E-state index is 0.394. The molecule has 1 rings (SSSR count). The fourth-order valence-electron chi connectivity index (χ4n) is 2.02. The molecule has 0 aromatic rings. The quantitative estimate of drug-likeness (QED) is 0.554. The van der Waals surface area contributed by atoms with Gasteiger partial charge in [0.25, 0.3) is 0 Å². The van der Waals surface area contributed by atoms with Crippen LogP contribution in [0.2, 0.25) is 0 Å². The Kier molecular flexibility index (Phi) is 3.13. The van der Waals surface area contributed by atoms with E-state index < -0.39 is 0 Å². The Balaban J connectivity index is 2.32. The van der Waals surface area contributed by atoms with Crippen molar-refractivity contribution in [2.45, 2.75) is 39.5 Å². The highest BCUT2D eigenvalue weighted by atomic mass is 14.3. The van der Waals surface area contributed by atoms with Crippen molar-refractivity contribution < 1.29 is 0 Å². The molecular formula is C12H19. The summed E-state index contributed by atoms with van der Waals surface area (Å²) < 4.78 is 0. The van der Waals surface area contributed by atoms with E-state index in [4.69, 9.17) is 6.58 Å². The fraction of sp³-hybridized carbons (Fsp3) is 0.667. The third-order valence-corrected chi connectivity index (χ3v) is 2.62. The summed E-state index contributed by atoms with van der Waals surface area (Å²) in [5, 5.41) is 0. The Labute approximate surface area is 76.4 Å². The van der Waals surface area contributed by atoms with Gasteiger partial charge in [-0.2, -0.15) is 0 Å². The van der Waals surface area contributed by atoms with Crippen molar-refractivity contribution >= 4 is 0 Å². The van der Waals surface area contributed by atoms with Crippen molar-refractivity contribution in [1.82, 2.24) is 0 Å². The lowest BCUT2D eigenvalue weighted by Crippen LogP contribution is -2.14. The molecule has 1 aliphatic carbocycles. The fourth-order valence-corrected chi connectivity index (χ4v) is 2.02. The second-order valence-corrected chi connectivity index (χ2v) is 4.62. The predicted molar refractivity (Wildman–Crippen MR) is 53.7 cm³/mol. The van der Waals surface area contributed by atoms with Crippen molar-refractivity contribution in [3.8, 4) is 0 Å². The zero-order chi connectivity index (χ0) is 9.03. The van der Waals surface area contributed by atoms with Gasteiger partial charge in [-0.25, -0.2) is 0 Å². The van der Waals surface area contributed by atoms with E-state index in [0.29, 0.717) is 5.41 Å². The van der Waals surface area contributed by atoms with E-state index in [1.165, 1.54) is 19.3 Å². The van der Waals surface area contributed by atoms with Gasteiger partial charge in [-0.3, -0.25) is 0 Å². The third kappa shape index (κ3) is 2.84. The zero-order valence-electron chi connectivity index (χ0n) is 8.22. The van der Waals surface area contributed by atoms with E-state index in [-0.39, 0.29) is 0 Å². The molecule has 0 unspecified atom stereocenters. The molecule has 0 nitrogen and oxygen atoms in total. The SMILES string of the molecule is [CH]=CCC(C)(C)CC1CC=CC1. The first-order valence-corrected chi connectivity index (χ1v) is 4.82. The summed E-state index contributed by atoms with van der Waals surface area (Å²) in [6.45, 7) is 10.0. The second-order valence-electron chi connectivity index (χ2n) is 4.62. The predicted octanol–water partition coefficient (Wildman–Crippen LogP) is 3.75. The van der Waals surface area contributed by atoms with Crippen LogP contribution in [0.25, 0.3) is 0 Å². The van der Waals surface area contributed by atoms with Gasteiger partial charge in [-0.15, -0.1) is 0 Å². The topological polar surface area (TPSA) is 0 Å². The molecule has 0 N–H and O–H groups in total. The molecule has 0 spiro atoms. The van der Waals surface area contributed by atoms with E-state index in [1.807, 2.05) is 0 Å². The largest absolute Gasteiger partial charge is 0.0882 e. The lowest BCUT2D eigenvalue weighted by molar-refractivity contribution is 0.275. The summed E-state index contributed by atoms with van der Waals surface area (Å²) in [5.74, 6) is 0.875. The molecule has 0 heterocycles. The molecule has 0 aromatic carbocycles. The summed E-state index contributed by atoms with van der Waals surface area (Å²) in [5.41, 5.74) is 0.394. The van der Waals surface area contributed by atoms with E-state index in [1.54, 1.807) is 6.08 Å². The molecule has 0 aromatic heterocycles. The number of hydrogen-bond acceptors (Lipinski definition) is 0. The van der Waals surface area contributed by atoms with Crippen molar-refractivity contribution in [1.29, 1.82) is 0 Å². The molecule has 0 amide bonds. The maximum atomic E-state index is 5.45. The summed E-state index contributed by atoms with van der Waals surface area (Å²) in [6.07, 6.45) is 11.3. The molecule has 0 saturated carbocycles. The van der Waals surface area contributed by atoms with Gasteiger partial charge >= 0.3 is 0 Å². The van der Waals surface area contributed by atoms with Gasteiger partial charge in [0.2, 0.25) is 0 Å². The first-order valence-electron chi connectivity index (χ1n) is 4.82.